The van der Waals surface area contributed by atoms with Crippen molar-refractivity contribution in [2.45, 2.75) is 6.42 Å². The second-order valence-electron chi connectivity index (χ2n) is 3.80. The van der Waals surface area contributed by atoms with Gasteiger partial charge < -0.3 is 5.73 Å². The van der Waals surface area contributed by atoms with Crippen molar-refractivity contribution in [1.29, 1.82) is 5.26 Å². The molecule has 6 heteroatoms. The van der Waals surface area contributed by atoms with E-state index in [0.29, 0.717) is 5.82 Å². The number of nitrogens with zero attached hydrogens (tertiary/aromatic N) is 3. The standard InChI is InChI=1S/C11H10N4O2/c12-5-8-2-1-3-9(14-8)15-6-7(11(13)17)4-10(15)16/h1-3,7H,4,6H2,(H2,13,17). The van der Waals surface area contributed by atoms with E-state index in [4.69, 9.17) is 11.0 Å². The number of amides is 2. The van der Waals surface area contributed by atoms with Crippen LogP contribution in [-0.4, -0.2) is 23.3 Å². The van der Waals surface area contributed by atoms with Crippen LogP contribution in [0, 0.1) is 17.2 Å². The lowest BCUT2D eigenvalue weighted by molar-refractivity contribution is -0.123. The summed E-state index contributed by atoms with van der Waals surface area (Å²) in [6, 6.07) is 6.72. The molecule has 2 rings (SSSR count). The van der Waals surface area contributed by atoms with E-state index >= 15 is 0 Å². The lowest BCUT2D eigenvalue weighted by atomic mass is 10.1. The van der Waals surface area contributed by atoms with E-state index < -0.39 is 11.8 Å². The van der Waals surface area contributed by atoms with Gasteiger partial charge in [-0.1, -0.05) is 6.07 Å². The molecule has 17 heavy (non-hydrogen) atoms. The van der Waals surface area contributed by atoms with E-state index in [0.717, 1.165) is 0 Å². The van der Waals surface area contributed by atoms with Crippen LogP contribution in [0.5, 0.6) is 0 Å². The van der Waals surface area contributed by atoms with Crippen molar-refractivity contribution in [3.05, 3.63) is 23.9 Å². The summed E-state index contributed by atoms with van der Waals surface area (Å²) in [6.45, 7) is 0.232. The van der Waals surface area contributed by atoms with E-state index in [1.807, 2.05) is 6.07 Å². The predicted molar refractivity (Wildman–Crippen MR) is 58.6 cm³/mol. The van der Waals surface area contributed by atoms with Crippen LogP contribution in [0.15, 0.2) is 18.2 Å². The summed E-state index contributed by atoms with van der Waals surface area (Å²) >= 11 is 0. The van der Waals surface area contributed by atoms with Crippen molar-refractivity contribution in [1.82, 2.24) is 4.98 Å². The first-order valence-corrected chi connectivity index (χ1v) is 5.08. The van der Waals surface area contributed by atoms with Crippen LogP contribution in [0.4, 0.5) is 5.82 Å². The van der Waals surface area contributed by atoms with Gasteiger partial charge in [-0.3, -0.25) is 14.5 Å². The molecule has 0 bridgehead atoms. The molecule has 2 heterocycles. The average Bonchev–Trinajstić information content (AvgIpc) is 2.72. The smallest absolute Gasteiger partial charge is 0.229 e. The summed E-state index contributed by atoms with van der Waals surface area (Å²) in [6.07, 6.45) is 0.105. The lowest BCUT2D eigenvalue weighted by Gasteiger charge is -2.14. The molecule has 1 atom stereocenters. The average molecular weight is 230 g/mol. The normalized spacial score (nSPS) is 19.1. The van der Waals surface area contributed by atoms with Crippen molar-refractivity contribution in [3.63, 3.8) is 0 Å². The molecule has 0 saturated carbocycles. The van der Waals surface area contributed by atoms with E-state index in [1.54, 1.807) is 18.2 Å². The molecular weight excluding hydrogens is 220 g/mol. The first kappa shape index (κ1) is 11.1. The molecule has 1 aliphatic heterocycles. The van der Waals surface area contributed by atoms with Gasteiger partial charge in [0, 0.05) is 13.0 Å². The highest BCUT2D eigenvalue weighted by Crippen LogP contribution is 2.23. The molecule has 2 amide bonds. The van der Waals surface area contributed by atoms with Crippen LogP contribution in [0.1, 0.15) is 12.1 Å². The van der Waals surface area contributed by atoms with Crippen molar-refractivity contribution in [2.75, 3.05) is 11.4 Å². The third kappa shape index (κ3) is 2.08. The number of pyridine rings is 1. The molecule has 0 radical (unpaired) electrons. The minimum absolute atomic E-state index is 0.105. The van der Waals surface area contributed by atoms with E-state index in [9.17, 15) is 9.59 Å². The van der Waals surface area contributed by atoms with Crippen LogP contribution < -0.4 is 10.6 Å². The number of hydrogen-bond donors (Lipinski definition) is 1. The minimum atomic E-state index is -0.489. The zero-order chi connectivity index (χ0) is 12.4. The molecule has 1 saturated heterocycles. The Labute approximate surface area is 97.7 Å². The number of nitriles is 1. The fourth-order valence-electron chi connectivity index (χ4n) is 1.76. The molecule has 0 aromatic carbocycles. The number of carbonyl (C=O) groups is 2. The Morgan fingerprint density at radius 1 is 1.59 bits per heavy atom. The monoisotopic (exact) mass is 230 g/mol. The quantitative estimate of drug-likeness (QED) is 0.759. The number of anilines is 1. The SMILES string of the molecule is N#Cc1cccc(N2CC(C(N)=O)CC2=O)n1. The first-order valence-electron chi connectivity index (χ1n) is 5.08. The summed E-state index contributed by atoms with van der Waals surface area (Å²) < 4.78 is 0. The van der Waals surface area contributed by atoms with Gasteiger partial charge in [-0.2, -0.15) is 5.26 Å². The number of primary amides is 1. The molecular formula is C11H10N4O2. The molecule has 2 N–H and O–H groups in total. The topological polar surface area (TPSA) is 100 Å². The van der Waals surface area contributed by atoms with Gasteiger partial charge in [0.15, 0.2) is 0 Å². The Morgan fingerprint density at radius 3 is 2.94 bits per heavy atom. The maximum absolute atomic E-state index is 11.7. The van der Waals surface area contributed by atoms with Gasteiger partial charge in [-0.05, 0) is 12.1 Å². The summed E-state index contributed by atoms with van der Waals surface area (Å²) in [7, 11) is 0. The van der Waals surface area contributed by atoms with Crippen LogP contribution >= 0.6 is 0 Å². The van der Waals surface area contributed by atoms with Gasteiger partial charge in [0.25, 0.3) is 0 Å². The highest BCUT2D eigenvalue weighted by atomic mass is 16.2. The second kappa shape index (κ2) is 4.22. The number of aromatic nitrogens is 1. The highest BCUT2D eigenvalue weighted by Gasteiger charge is 2.34. The van der Waals surface area contributed by atoms with Gasteiger partial charge >= 0.3 is 0 Å². The largest absolute Gasteiger partial charge is 0.369 e. The summed E-state index contributed by atoms with van der Waals surface area (Å²) in [5.74, 6) is -0.776. The highest BCUT2D eigenvalue weighted by molar-refractivity contribution is 5.99. The molecule has 1 unspecified atom stereocenters. The Balaban J connectivity index is 2.26. The molecule has 0 spiro atoms. The molecule has 1 aromatic rings. The van der Waals surface area contributed by atoms with Gasteiger partial charge in [0.2, 0.25) is 11.8 Å². The van der Waals surface area contributed by atoms with Crippen LogP contribution in [-0.2, 0) is 9.59 Å². The minimum Gasteiger partial charge on any atom is -0.369 e. The van der Waals surface area contributed by atoms with Gasteiger partial charge in [0.1, 0.15) is 17.6 Å². The summed E-state index contributed by atoms with van der Waals surface area (Å²) in [4.78, 5) is 28.1. The molecule has 0 aliphatic carbocycles. The zero-order valence-corrected chi connectivity index (χ0v) is 8.96. The predicted octanol–water partition coefficient (Wildman–Crippen LogP) is -0.209. The zero-order valence-electron chi connectivity index (χ0n) is 8.96. The molecule has 1 fully saturated rings. The summed E-state index contributed by atoms with van der Waals surface area (Å²) in [5, 5.41) is 8.72. The van der Waals surface area contributed by atoms with Crippen molar-refractivity contribution in [3.8, 4) is 6.07 Å². The van der Waals surface area contributed by atoms with Crippen LogP contribution in [0.25, 0.3) is 0 Å². The fraction of sp³-hybridized carbons (Fsp3) is 0.273. The first-order chi connectivity index (χ1) is 8.11. The second-order valence-corrected chi connectivity index (χ2v) is 3.80. The molecule has 1 aromatic heterocycles. The van der Waals surface area contributed by atoms with E-state index in [1.165, 1.54) is 4.90 Å². The summed E-state index contributed by atoms with van der Waals surface area (Å²) in [5.41, 5.74) is 5.40. The number of rotatable bonds is 2. The van der Waals surface area contributed by atoms with Crippen molar-refractivity contribution >= 4 is 17.6 Å². The fourth-order valence-corrected chi connectivity index (χ4v) is 1.76. The molecule has 6 nitrogen and oxygen atoms in total. The van der Waals surface area contributed by atoms with Gasteiger partial charge in [-0.15, -0.1) is 0 Å². The lowest BCUT2D eigenvalue weighted by Crippen LogP contribution is -2.29. The van der Waals surface area contributed by atoms with Crippen LogP contribution in [0.2, 0.25) is 0 Å². The molecule has 1 aliphatic rings. The Kier molecular flexibility index (Phi) is 2.75. The maximum Gasteiger partial charge on any atom is 0.229 e. The van der Waals surface area contributed by atoms with Gasteiger partial charge in [-0.25, -0.2) is 4.98 Å². The van der Waals surface area contributed by atoms with E-state index in [2.05, 4.69) is 4.98 Å². The number of nitrogens with two attached hydrogens (primary N) is 1. The van der Waals surface area contributed by atoms with Crippen molar-refractivity contribution in [2.24, 2.45) is 11.7 Å². The van der Waals surface area contributed by atoms with Gasteiger partial charge in [0.05, 0.1) is 5.92 Å². The van der Waals surface area contributed by atoms with Crippen LogP contribution in [0.3, 0.4) is 0 Å². The number of carbonyl (C=O) groups excluding carboxylic acids is 2. The third-order valence-electron chi connectivity index (χ3n) is 2.65. The van der Waals surface area contributed by atoms with E-state index in [-0.39, 0.29) is 24.6 Å². The Hall–Kier alpha value is -2.42. The third-order valence-corrected chi connectivity index (χ3v) is 2.65. The molecule has 86 valence electrons. The Bertz CT molecular complexity index is 520. The Morgan fingerprint density at radius 2 is 2.35 bits per heavy atom. The van der Waals surface area contributed by atoms with Crippen molar-refractivity contribution < 1.29 is 9.59 Å². The maximum atomic E-state index is 11.7. The number of hydrogen-bond acceptors (Lipinski definition) is 4.